The van der Waals surface area contributed by atoms with Gasteiger partial charge in [0.05, 0.1) is 5.69 Å². The van der Waals surface area contributed by atoms with Crippen molar-refractivity contribution in [3.63, 3.8) is 0 Å². The van der Waals surface area contributed by atoms with Crippen molar-refractivity contribution in [2.45, 2.75) is 19.9 Å². The maximum atomic E-state index is 12.2. The van der Waals surface area contributed by atoms with Crippen LogP contribution in [0.15, 0.2) is 23.0 Å². The van der Waals surface area contributed by atoms with Gasteiger partial charge >= 0.3 is 0 Å². The summed E-state index contributed by atoms with van der Waals surface area (Å²) in [6.45, 7) is 6.27. The van der Waals surface area contributed by atoms with Crippen LogP contribution in [0.25, 0.3) is 0 Å². The molecule has 0 aliphatic carbocycles. The first-order chi connectivity index (χ1) is 13.1. The van der Waals surface area contributed by atoms with Crippen LogP contribution in [0.1, 0.15) is 16.8 Å². The van der Waals surface area contributed by atoms with Crippen molar-refractivity contribution in [1.29, 1.82) is 0 Å². The van der Waals surface area contributed by atoms with Gasteiger partial charge in [0.15, 0.2) is 11.5 Å². The van der Waals surface area contributed by atoms with E-state index in [-0.39, 0.29) is 12.2 Å². The summed E-state index contributed by atoms with van der Waals surface area (Å²) < 4.78 is 10.8. The van der Waals surface area contributed by atoms with Gasteiger partial charge in [-0.15, -0.1) is 0 Å². The zero-order valence-electron chi connectivity index (χ0n) is 15.4. The van der Waals surface area contributed by atoms with Crippen LogP contribution in [-0.4, -0.2) is 59.6 Å². The summed E-state index contributed by atoms with van der Waals surface area (Å²) in [6.07, 6.45) is 0.331. The van der Waals surface area contributed by atoms with Gasteiger partial charge in [0.1, 0.15) is 0 Å². The number of aliphatic hydroxyl groups is 1. The van der Waals surface area contributed by atoms with E-state index >= 15 is 0 Å². The predicted octanol–water partition coefficient (Wildman–Crippen LogP) is 0.664. The number of aromatic amines is 1. The van der Waals surface area contributed by atoms with Gasteiger partial charge in [0.25, 0.3) is 5.56 Å². The molecule has 144 valence electrons. The lowest BCUT2D eigenvalue weighted by atomic mass is 10.1. The fraction of sp³-hybridized carbons (Fsp3) is 0.474. The Labute approximate surface area is 157 Å². The Morgan fingerprint density at radius 3 is 2.70 bits per heavy atom. The van der Waals surface area contributed by atoms with Gasteiger partial charge in [-0.05, 0) is 24.6 Å². The molecule has 0 amide bonds. The molecule has 27 heavy (non-hydrogen) atoms. The van der Waals surface area contributed by atoms with E-state index in [1.807, 2.05) is 19.1 Å². The zero-order valence-corrected chi connectivity index (χ0v) is 15.4. The van der Waals surface area contributed by atoms with Crippen LogP contribution in [0.4, 0.5) is 5.95 Å². The maximum absolute atomic E-state index is 12.2. The van der Waals surface area contributed by atoms with Crippen LogP contribution in [-0.2, 0) is 13.0 Å². The molecule has 4 rings (SSSR count). The van der Waals surface area contributed by atoms with E-state index in [0.29, 0.717) is 30.4 Å². The molecule has 2 N–H and O–H groups in total. The smallest absolute Gasteiger partial charge is 0.255 e. The lowest BCUT2D eigenvalue weighted by molar-refractivity contribution is 0.174. The summed E-state index contributed by atoms with van der Waals surface area (Å²) in [7, 11) is 0. The number of anilines is 1. The van der Waals surface area contributed by atoms with Crippen molar-refractivity contribution in [2.24, 2.45) is 0 Å². The number of ether oxygens (including phenoxy) is 2. The van der Waals surface area contributed by atoms with Gasteiger partial charge in [-0.3, -0.25) is 14.7 Å². The van der Waals surface area contributed by atoms with Crippen LogP contribution in [0.3, 0.4) is 0 Å². The molecule has 0 saturated carbocycles. The first-order valence-electron chi connectivity index (χ1n) is 9.20. The third kappa shape index (κ3) is 3.77. The molecule has 0 unspecified atom stereocenters. The van der Waals surface area contributed by atoms with Crippen molar-refractivity contribution >= 4 is 5.95 Å². The minimum atomic E-state index is -0.158. The Balaban J connectivity index is 1.38. The highest BCUT2D eigenvalue weighted by Crippen LogP contribution is 2.32. The van der Waals surface area contributed by atoms with Gasteiger partial charge in [-0.2, -0.15) is 0 Å². The summed E-state index contributed by atoms with van der Waals surface area (Å²) in [5.41, 5.74) is 2.28. The number of nitrogens with one attached hydrogen (secondary N) is 1. The monoisotopic (exact) mass is 372 g/mol. The van der Waals surface area contributed by atoms with Crippen LogP contribution in [0.2, 0.25) is 0 Å². The van der Waals surface area contributed by atoms with Crippen molar-refractivity contribution < 1.29 is 14.6 Å². The highest BCUT2D eigenvalue weighted by molar-refractivity contribution is 5.44. The minimum Gasteiger partial charge on any atom is -0.454 e. The fourth-order valence-corrected chi connectivity index (χ4v) is 3.57. The fourth-order valence-electron chi connectivity index (χ4n) is 3.57. The third-order valence-corrected chi connectivity index (χ3v) is 5.09. The number of H-pyrrole nitrogens is 1. The number of nitrogens with zero attached hydrogens (tertiary/aromatic N) is 3. The highest BCUT2D eigenvalue weighted by atomic mass is 16.7. The molecule has 1 fully saturated rings. The molecule has 1 aromatic heterocycles. The second-order valence-electron chi connectivity index (χ2n) is 6.88. The molecule has 0 bridgehead atoms. The van der Waals surface area contributed by atoms with Crippen LogP contribution >= 0.6 is 0 Å². The Kier molecular flexibility index (Phi) is 5.00. The number of fused-ring (bicyclic) bond motifs is 1. The molecule has 2 aliphatic heterocycles. The number of piperazine rings is 1. The van der Waals surface area contributed by atoms with E-state index in [1.54, 1.807) is 0 Å². The second-order valence-corrected chi connectivity index (χ2v) is 6.88. The molecule has 3 heterocycles. The third-order valence-electron chi connectivity index (χ3n) is 5.09. The van der Waals surface area contributed by atoms with Crippen molar-refractivity contribution in [3.05, 3.63) is 45.4 Å². The average Bonchev–Trinajstić information content (AvgIpc) is 3.13. The Hall–Kier alpha value is -2.58. The lowest BCUT2D eigenvalue weighted by Crippen LogP contribution is -2.47. The summed E-state index contributed by atoms with van der Waals surface area (Å²) in [5.74, 6) is 2.23. The summed E-state index contributed by atoms with van der Waals surface area (Å²) in [5, 5.41) is 9.08. The number of hydrogen-bond acceptors (Lipinski definition) is 7. The van der Waals surface area contributed by atoms with Gasteiger partial charge in [0, 0.05) is 51.3 Å². The van der Waals surface area contributed by atoms with E-state index in [2.05, 4.69) is 25.8 Å². The Morgan fingerprint density at radius 1 is 1.19 bits per heavy atom. The SMILES string of the molecule is Cc1nc(N2CCN(Cc3ccc4c(c3)OCO4)CC2)[nH]c(=O)c1CCO. The number of rotatable bonds is 5. The summed E-state index contributed by atoms with van der Waals surface area (Å²) in [6, 6.07) is 6.07. The van der Waals surface area contributed by atoms with Crippen molar-refractivity contribution in [3.8, 4) is 11.5 Å². The van der Waals surface area contributed by atoms with E-state index in [9.17, 15) is 4.79 Å². The summed E-state index contributed by atoms with van der Waals surface area (Å²) >= 11 is 0. The van der Waals surface area contributed by atoms with Crippen molar-refractivity contribution in [1.82, 2.24) is 14.9 Å². The molecule has 8 nitrogen and oxygen atoms in total. The molecule has 0 atom stereocenters. The maximum Gasteiger partial charge on any atom is 0.255 e. The molecule has 8 heteroatoms. The van der Waals surface area contributed by atoms with E-state index < -0.39 is 0 Å². The van der Waals surface area contributed by atoms with E-state index in [0.717, 1.165) is 44.2 Å². The van der Waals surface area contributed by atoms with Gasteiger partial charge in [-0.1, -0.05) is 6.07 Å². The van der Waals surface area contributed by atoms with Crippen LogP contribution < -0.4 is 19.9 Å². The predicted molar refractivity (Wildman–Crippen MR) is 100 cm³/mol. The van der Waals surface area contributed by atoms with Gasteiger partial charge in [0.2, 0.25) is 12.7 Å². The number of hydrogen-bond donors (Lipinski definition) is 2. The molecule has 0 spiro atoms. The lowest BCUT2D eigenvalue weighted by Gasteiger charge is -2.35. The molecule has 2 aromatic rings. The first-order valence-corrected chi connectivity index (χ1v) is 9.20. The van der Waals surface area contributed by atoms with E-state index in [4.69, 9.17) is 14.6 Å². The van der Waals surface area contributed by atoms with Gasteiger partial charge in [-0.25, -0.2) is 4.98 Å². The van der Waals surface area contributed by atoms with Crippen molar-refractivity contribution in [2.75, 3.05) is 44.5 Å². The Morgan fingerprint density at radius 2 is 1.96 bits per heavy atom. The highest BCUT2D eigenvalue weighted by Gasteiger charge is 2.21. The molecule has 1 aromatic carbocycles. The number of aryl methyl sites for hydroxylation is 1. The average molecular weight is 372 g/mol. The number of aliphatic hydroxyl groups excluding tert-OH is 1. The molecule has 0 radical (unpaired) electrons. The zero-order chi connectivity index (χ0) is 18.8. The second kappa shape index (κ2) is 7.58. The van der Waals surface area contributed by atoms with Crippen LogP contribution in [0, 0.1) is 6.92 Å². The van der Waals surface area contributed by atoms with E-state index in [1.165, 1.54) is 5.56 Å². The standard InChI is InChI=1S/C19H24N4O4/c1-13-15(4-9-24)18(25)21-19(20-13)23-7-5-22(6-8-23)11-14-2-3-16-17(10-14)27-12-26-16/h2-3,10,24H,4-9,11-12H2,1H3,(H,20,21,25). The Bertz CT molecular complexity index is 874. The topological polar surface area (TPSA) is 90.9 Å². The minimum absolute atomic E-state index is 0.0521. The molecule has 1 saturated heterocycles. The normalized spacial score (nSPS) is 16.7. The number of benzene rings is 1. The quantitative estimate of drug-likeness (QED) is 0.797. The van der Waals surface area contributed by atoms with Crippen LogP contribution in [0.5, 0.6) is 11.5 Å². The summed E-state index contributed by atoms with van der Waals surface area (Å²) in [4.78, 5) is 24.1. The molecule has 2 aliphatic rings. The largest absolute Gasteiger partial charge is 0.454 e. The number of aromatic nitrogens is 2. The molecular weight excluding hydrogens is 348 g/mol. The first kappa shape index (κ1) is 17.8. The molecular formula is C19H24N4O4. The van der Waals surface area contributed by atoms with Gasteiger partial charge < -0.3 is 19.5 Å².